The van der Waals surface area contributed by atoms with Crippen LogP contribution >= 0.6 is 0 Å². The van der Waals surface area contributed by atoms with Gasteiger partial charge in [-0.3, -0.25) is 9.48 Å². The number of aromatic nitrogens is 2. The van der Waals surface area contributed by atoms with Crippen LogP contribution in [0.5, 0.6) is 5.75 Å². The van der Waals surface area contributed by atoms with Crippen molar-refractivity contribution in [3.05, 3.63) is 48.5 Å². The molecule has 1 amide bonds. The zero-order valence-electron chi connectivity index (χ0n) is 13.6. The molecule has 128 valence electrons. The molecule has 0 bridgehead atoms. The van der Waals surface area contributed by atoms with Crippen LogP contribution in [-0.4, -0.2) is 40.3 Å². The molecule has 0 radical (unpaired) electrons. The van der Waals surface area contributed by atoms with Crippen molar-refractivity contribution in [1.29, 1.82) is 0 Å². The Hall–Kier alpha value is -2.37. The number of ether oxygens (including phenoxy) is 1. The maximum atomic E-state index is 12.8. The van der Waals surface area contributed by atoms with Crippen LogP contribution in [0.4, 0.5) is 4.39 Å². The molecule has 1 fully saturated rings. The van der Waals surface area contributed by atoms with Gasteiger partial charge in [0.1, 0.15) is 11.6 Å². The Labute approximate surface area is 141 Å². The van der Waals surface area contributed by atoms with Crippen molar-refractivity contribution in [2.75, 3.05) is 19.7 Å². The van der Waals surface area contributed by atoms with Crippen molar-refractivity contribution < 1.29 is 13.9 Å². The molecule has 2 aromatic rings. The molecule has 0 N–H and O–H groups in total. The number of benzene rings is 1. The summed E-state index contributed by atoms with van der Waals surface area (Å²) >= 11 is 0. The Kier molecular flexibility index (Phi) is 5.46. The molecule has 5 nitrogen and oxygen atoms in total. The Bertz CT molecular complexity index is 643. The van der Waals surface area contributed by atoms with Gasteiger partial charge < -0.3 is 9.64 Å². The van der Waals surface area contributed by atoms with Crippen LogP contribution < -0.4 is 4.74 Å². The van der Waals surface area contributed by atoms with Gasteiger partial charge in [0.2, 0.25) is 5.91 Å². The van der Waals surface area contributed by atoms with Crippen molar-refractivity contribution >= 4 is 5.91 Å². The largest absolute Gasteiger partial charge is 0.494 e. The zero-order chi connectivity index (χ0) is 16.8. The third-order valence-electron chi connectivity index (χ3n) is 4.27. The summed E-state index contributed by atoms with van der Waals surface area (Å²) < 4.78 is 20.3. The van der Waals surface area contributed by atoms with E-state index in [4.69, 9.17) is 4.74 Å². The number of nitrogens with zero attached hydrogens (tertiary/aromatic N) is 3. The predicted octanol–water partition coefficient (Wildman–Crippen LogP) is 3.04. The molecule has 1 aliphatic rings. The first-order valence-corrected chi connectivity index (χ1v) is 8.37. The third-order valence-corrected chi connectivity index (χ3v) is 4.27. The molecule has 1 aromatic heterocycles. The molecule has 0 aliphatic carbocycles. The summed E-state index contributed by atoms with van der Waals surface area (Å²) in [6.45, 7) is 1.99. The molecule has 24 heavy (non-hydrogen) atoms. The number of hydrogen-bond donors (Lipinski definition) is 0. The standard InChI is InChI=1S/C18H22FN3O2/c19-15-6-8-17(9-7-15)24-13-2-5-18(23)21-11-1-4-16(14-21)22-12-3-10-20-22/h3,6-10,12,16H,1-2,4-5,11,13-14H2/t16-/m0/s1. The first kappa shape index (κ1) is 16.5. The second-order valence-electron chi connectivity index (χ2n) is 6.03. The van der Waals surface area contributed by atoms with E-state index in [0.717, 1.165) is 25.9 Å². The fourth-order valence-corrected chi connectivity index (χ4v) is 3.00. The number of halogens is 1. The van der Waals surface area contributed by atoms with E-state index in [-0.39, 0.29) is 17.8 Å². The van der Waals surface area contributed by atoms with Crippen molar-refractivity contribution in [1.82, 2.24) is 14.7 Å². The van der Waals surface area contributed by atoms with Gasteiger partial charge in [0.15, 0.2) is 0 Å². The second-order valence-corrected chi connectivity index (χ2v) is 6.03. The van der Waals surface area contributed by atoms with E-state index >= 15 is 0 Å². The molecule has 1 aliphatic heterocycles. The summed E-state index contributed by atoms with van der Waals surface area (Å²) in [7, 11) is 0. The van der Waals surface area contributed by atoms with Gasteiger partial charge in [0, 0.05) is 31.9 Å². The number of hydrogen-bond acceptors (Lipinski definition) is 3. The van der Waals surface area contributed by atoms with Crippen LogP contribution in [0.15, 0.2) is 42.7 Å². The maximum absolute atomic E-state index is 12.8. The summed E-state index contributed by atoms with van der Waals surface area (Å²) in [5.41, 5.74) is 0. The van der Waals surface area contributed by atoms with Crippen LogP contribution in [0, 0.1) is 5.82 Å². The summed E-state index contributed by atoms with van der Waals surface area (Å²) in [6, 6.07) is 8.10. The lowest BCUT2D eigenvalue weighted by Crippen LogP contribution is -2.40. The molecule has 1 aromatic carbocycles. The second kappa shape index (κ2) is 7.95. The molecule has 1 saturated heterocycles. The predicted molar refractivity (Wildman–Crippen MR) is 88.2 cm³/mol. The average Bonchev–Trinajstić information content (AvgIpc) is 3.15. The molecule has 0 unspecified atom stereocenters. The van der Waals surface area contributed by atoms with Crippen molar-refractivity contribution in [3.8, 4) is 5.75 Å². The number of likely N-dealkylation sites (tertiary alicyclic amines) is 1. The minimum absolute atomic E-state index is 0.162. The van der Waals surface area contributed by atoms with Crippen LogP contribution in [-0.2, 0) is 4.79 Å². The lowest BCUT2D eigenvalue weighted by Gasteiger charge is -2.33. The summed E-state index contributed by atoms with van der Waals surface area (Å²) in [6.07, 6.45) is 6.90. The summed E-state index contributed by atoms with van der Waals surface area (Å²) in [5, 5.41) is 4.28. The SMILES string of the molecule is O=C(CCCOc1ccc(F)cc1)N1CCC[C@H](n2cccn2)C1. The highest BCUT2D eigenvalue weighted by Crippen LogP contribution is 2.21. The number of piperidine rings is 1. The maximum Gasteiger partial charge on any atom is 0.222 e. The van der Waals surface area contributed by atoms with E-state index in [9.17, 15) is 9.18 Å². The minimum Gasteiger partial charge on any atom is -0.494 e. The van der Waals surface area contributed by atoms with Gasteiger partial charge in [-0.1, -0.05) is 0 Å². The number of amides is 1. The number of carbonyl (C=O) groups is 1. The van der Waals surface area contributed by atoms with E-state index in [1.165, 1.54) is 12.1 Å². The van der Waals surface area contributed by atoms with E-state index in [0.29, 0.717) is 25.2 Å². The Morgan fingerprint density at radius 1 is 1.33 bits per heavy atom. The quantitative estimate of drug-likeness (QED) is 0.765. The zero-order valence-corrected chi connectivity index (χ0v) is 13.6. The van der Waals surface area contributed by atoms with Gasteiger partial charge in [-0.2, -0.15) is 5.10 Å². The number of rotatable bonds is 6. The summed E-state index contributed by atoms with van der Waals surface area (Å²) in [4.78, 5) is 14.3. The molecule has 6 heteroatoms. The Morgan fingerprint density at radius 3 is 2.92 bits per heavy atom. The topological polar surface area (TPSA) is 47.4 Å². The normalized spacial score (nSPS) is 17.7. The molecule has 0 saturated carbocycles. The molecule has 3 rings (SSSR count). The Morgan fingerprint density at radius 2 is 2.17 bits per heavy atom. The molecular formula is C18H22FN3O2. The minimum atomic E-state index is -0.283. The first-order chi connectivity index (χ1) is 11.7. The van der Waals surface area contributed by atoms with Gasteiger partial charge >= 0.3 is 0 Å². The van der Waals surface area contributed by atoms with Crippen LogP contribution in [0.3, 0.4) is 0 Å². The molecule has 2 heterocycles. The fraction of sp³-hybridized carbons (Fsp3) is 0.444. The van der Waals surface area contributed by atoms with E-state index < -0.39 is 0 Å². The highest BCUT2D eigenvalue weighted by Gasteiger charge is 2.24. The van der Waals surface area contributed by atoms with Gasteiger partial charge in [0.05, 0.1) is 12.6 Å². The van der Waals surface area contributed by atoms with Gasteiger partial charge in [-0.15, -0.1) is 0 Å². The molecule has 0 spiro atoms. The smallest absolute Gasteiger partial charge is 0.222 e. The third kappa shape index (κ3) is 4.34. The molecular weight excluding hydrogens is 309 g/mol. The van der Waals surface area contributed by atoms with E-state index in [1.54, 1.807) is 18.3 Å². The number of carbonyl (C=O) groups excluding carboxylic acids is 1. The van der Waals surface area contributed by atoms with E-state index in [1.807, 2.05) is 21.8 Å². The lowest BCUT2D eigenvalue weighted by atomic mass is 10.1. The summed E-state index contributed by atoms with van der Waals surface area (Å²) in [5.74, 6) is 0.504. The Balaban J connectivity index is 1.40. The van der Waals surface area contributed by atoms with Crippen LogP contribution in [0.2, 0.25) is 0 Å². The monoisotopic (exact) mass is 331 g/mol. The molecule has 1 atom stereocenters. The average molecular weight is 331 g/mol. The van der Waals surface area contributed by atoms with Crippen molar-refractivity contribution in [2.24, 2.45) is 0 Å². The first-order valence-electron chi connectivity index (χ1n) is 8.37. The van der Waals surface area contributed by atoms with Crippen molar-refractivity contribution in [3.63, 3.8) is 0 Å². The van der Waals surface area contributed by atoms with Crippen LogP contribution in [0.1, 0.15) is 31.7 Å². The van der Waals surface area contributed by atoms with Gasteiger partial charge in [0.25, 0.3) is 0 Å². The highest BCUT2D eigenvalue weighted by atomic mass is 19.1. The van der Waals surface area contributed by atoms with Crippen LogP contribution in [0.25, 0.3) is 0 Å². The fourth-order valence-electron chi connectivity index (χ4n) is 3.00. The van der Waals surface area contributed by atoms with E-state index in [2.05, 4.69) is 5.10 Å². The lowest BCUT2D eigenvalue weighted by molar-refractivity contribution is -0.133. The van der Waals surface area contributed by atoms with Gasteiger partial charge in [-0.05, 0) is 49.6 Å². The highest BCUT2D eigenvalue weighted by molar-refractivity contribution is 5.76. The van der Waals surface area contributed by atoms with Gasteiger partial charge in [-0.25, -0.2) is 4.39 Å². The van der Waals surface area contributed by atoms with Crippen molar-refractivity contribution in [2.45, 2.75) is 31.7 Å².